The van der Waals surface area contributed by atoms with E-state index < -0.39 is 29.0 Å². The lowest BCUT2D eigenvalue weighted by molar-refractivity contribution is 0.0496. The summed E-state index contributed by atoms with van der Waals surface area (Å²) >= 11 is 11.5. The van der Waals surface area contributed by atoms with Gasteiger partial charge in [-0.1, -0.05) is 23.2 Å². The van der Waals surface area contributed by atoms with Crippen molar-refractivity contribution in [3.63, 3.8) is 0 Å². The predicted octanol–water partition coefficient (Wildman–Crippen LogP) is 3.37. The van der Waals surface area contributed by atoms with E-state index in [2.05, 4.69) is 9.82 Å². The predicted molar refractivity (Wildman–Crippen MR) is 75.8 cm³/mol. The molecule has 0 atom stereocenters. The summed E-state index contributed by atoms with van der Waals surface area (Å²) in [5.74, 6) is 1.49. The van der Waals surface area contributed by atoms with Crippen molar-refractivity contribution in [1.29, 1.82) is 0 Å². The standard InChI is InChI=1S/C13H8Cl2F2N2O3/c1-21-12-6(14)3-2-5(9(12)17)10-8(16)4-7(15)11(19-10)13(20)22-18/h2-4H,18H2,1H3. The minimum absolute atomic E-state index is 0.000266. The number of halogens is 4. The van der Waals surface area contributed by atoms with E-state index in [4.69, 9.17) is 33.8 Å². The highest BCUT2D eigenvalue weighted by Crippen LogP contribution is 2.35. The molecule has 0 saturated heterocycles. The highest BCUT2D eigenvalue weighted by Gasteiger charge is 2.22. The maximum absolute atomic E-state index is 14.3. The van der Waals surface area contributed by atoms with Gasteiger partial charge in [-0.3, -0.25) is 0 Å². The fourth-order valence-corrected chi connectivity index (χ4v) is 2.20. The van der Waals surface area contributed by atoms with E-state index in [1.54, 1.807) is 0 Å². The van der Waals surface area contributed by atoms with E-state index in [0.29, 0.717) is 0 Å². The zero-order chi connectivity index (χ0) is 16.4. The largest absolute Gasteiger partial charge is 0.492 e. The van der Waals surface area contributed by atoms with Crippen LogP contribution in [0.2, 0.25) is 10.0 Å². The number of nitrogens with two attached hydrogens (primary N) is 1. The van der Waals surface area contributed by atoms with Gasteiger partial charge in [-0.25, -0.2) is 18.6 Å². The fourth-order valence-electron chi connectivity index (χ4n) is 1.76. The van der Waals surface area contributed by atoms with E-state index >= 15 is 0 Å². The molecule has 0 aliphatic carbocycles. The second-order valence-corrected chi connectivity index (χ2v) is 4.81. The van der Waals surface area contributed by atoms with Crippen LogP contribution in [0.5, 0.6) is 5.75 Å². The zero-order valence-electron chi connectivity index (χ0n) is 11.0. The molecule has 22 heavy (non-hydrogen) atoms. The third-order valence-electron chi connectivity index (χ3n) is 2.74. The number of ether oxygens (including phenoxy) is 1. The number of carbonyl (C=O) groups is 1. The molecule has 2 rings (SSSR count). The number of rotatable bonds is 3. The Balaban J connectivity index is 2.70. The van der Waals surface area contributed by atoms with E-state index in [1.807, 2.05) is 0 Å². The van der Waals surface area contributed by atoms with Crippen LogP contribution in [0.3, 0.4) is 0 Å². The molecule has 1 aromatic carbocycles. The number of benzene rings is 1. The maximum atomic E-state index is 14.3. The highest BCUT2D eigenvalue weighted by molar-refractivity contribution is 6.33. The van der Waals surface area contributed by atoms with Gasteiger partial charge in [0.1, 0.15) is 5.69 Å². The lowest BCUT2D eigenvalue weighted by Gasteiger charge is -2.11. The Kier molecular flexibility index (Phi) is 4.80. The molecule has 1 heterocycles. The van der Waals surface area contributed by atoms with Gasteiger partial charge >= 0.3 is 5.97 Å². The molecule has 0 unspecified atom stereocenters. The first kappa shape index (κ1) is 16.4. The van der Waals surface area contributed by atoms with Crippen LogP contribution in [-0.4, -0.2) is 18.1 Å². The highest BCUT2D eigenvalue weighted by atomic mass is 35.5. The van der Waals surface area contributed by atoms with Crippen molar-refractivity contribution >= 4 is 29.2 Å². The molecule has 0 spiro atoms. The van der Waals surface area contributed by atoms with Crippen LogP contribution >= 0.6 is 23.2 Å². The molecule has 116 valence electrons. The molecule has 0 bridgehead atoms. The van der Waals surface area contributed by atoms with Crippen LogP contribution < -0.4 is 10.6 Å². The van der Waals surface area contributed by atoms with Gasteiger partial charge in [0.2, 0.25) is 0 Å². The fraction of sp³-hybridized carbons (Fsp3) is 0.0769. The number of pyridine rings is 1. The number of hydrogen-bond acceptors (Lipinski definition) is 5. The summed E-state index contributed by atoms with van der Waals surface area (Å²) in [7, 11) is 1.21. The monoisotopic (exact) mass is 348 g/mol. The van der Waals surface area contributed by atoms with E-state index in [-0.39, 0.29) is 21.4 Å². The quantitative estimate of drug-likeness (QED) is 0.860. The van der Waals surface area contributed by atoms with Gasteiger partial charge < -0.3 is 9.57 Å². The number of carbonyl (C=O) groups excluding carboxylic acids is 1. The molecule has 0 saturated carbocycles. The first-order valence-corrected chi connectivity index (χ1v) is 6.45. The second-order valence-electron chi connectivity index (χ2n) is 4.00. The number of hydrogen-bond donors (Lipinski definition) is 1. The Hall–Kier alpha value is -1.96. The molecule has 1 aromatic heterocycles. The van der Waals surface area contributed by atoms with E-state index in [1.165, 1.54) is 19.2 Å². The van der Waals surface area contributed by atoms with Crippen molar-refractivity contribution < 1.29 is 23.1 Å². The summed E-state index contributed by atoms with van der Waals surface area (Å²) in [5, 5.41) is -0.322. The van der Waals surface area contributed by atoms with Gasteiger partial charge in [0, 0.05) is 5.56 Å². The Morgan fingerprint density at radius 3 is 2.55 bits per heavy atom. The minimum atomic E-state index is -1.09. The normalized spacial score (nSPS) is 10.5. The molecule has 0 radical (unpaired) electrons. The van der Waals surface area contributed by atoms with Crippen LogP contribution in [0.25, 0.3) is 11.3 Å². The molecule has 5 nitrogen and oxygen atoms in total. The van der Waals surface area contributed by atoms with Crippen molar-refractivity contribution in [3.8, 4) is 17.0 Å². The number of aromatic nitrogens is 1. The third kappa shape index (κ3) is 2.83. The molecule has 2 aromatic rings. The molecule has 2 N–H and O–H groups in total. The van der Waals surface area contributed by atoms with Crippen molar-refractivity contribution in [1.82, 2.24) is 4.98 Å². The summed E-state index contributed by atoms with van der Waals surface area (Å²) in [6.45, 7) is 0. The SMILES string of the molecule is COc1c(Cl)ccc(-c2nc(C(=O)ON)c(Cl)cc2F)c1F. The van der Waals surface area contributed by atoms with Crippen molar-refractivity contribution in [2.75, 3.05) is 7.11 Å². The minimum Gasteiger partial charge on any atom is -0.492 e. The molecule has 0 amide bonds. The average Bonchev–Trinajstić information content (AvgIpc) is 2.48. The Morgan fingerprint density at radius 1 is 1.27 bits per heavy atom. The van der Waals surface area contributed by atoms with Crippen LogP contribution in [-0.2, 0) is 4.84 Å². The van der Waals surface area contributed by atoms with Crippen LogP contribution in [0.1, 0.15) is 10.5 Å². The van der Waals surface area contributed by atoms with Gasteiger partial charge in [0.05, 0.1) is 17.2 Å². The lowest BCUT2D eigenvalue weighted by atomic mass is 10.1. The summed E-state index contributed by atoms with van der Waals surface area (Å²) in [4.78, 5) is 19.1. The van der Waals surface area contributed by atoms with Gasteiger partial charge in [0.15, 0.2) is 23.1 Å². The topological polar surface area (TPSA) is 74.4 Å². The van der Waals surface area contributed by atoms with E-state index in [0.717, 1.165) is 6.07 Å². The van der Waals surface area contributed by atoms with Crippen molar-refractivity contribution in [3.05, 3.63) is 45.6 Å². The molecule has 9 heteroatoms. The summed E-state index contributed by atoms with van der Waals surface area (Å²) < 4.78 is 33.2. The lowest BCUT2D eigenvalue weighted by Crippen LogP contribution is -2.13. The van der Waals surface area contributed by atoms with Crippen molar-refractivity contribution in [2.45, 2.75) is 0 Å². The second kappa shape index (κ2) is 6.43. The Morgan fingerprint density at radius 2 is 1.95 bits per heavy atom. The number of methoxy groups -OCH3 is 1. The summed E-state index contributed by atoms with van der Waals surface area (Å²) in [6, 6.07) is 3.29. The average molecular weight is 349 g/mol. The number of nitrogens with zero attached hydrogens (tertiary/aromatic N) is 1. The Labute approximate surface area is 133 Å². The van der Waals surface area contributed by atoms with Crippen LogP contribution in [0, 0.1) is 11.6 Å². The molecular weight excluding hydrogens is 341 g/mol. The maximum Gasteiger partial charge on any atom is 0.376 e. The van der Waals surface area contributed by atoms with Crippen molar-refractivity contribution in [2.24, 2.45) is 5.90 Å². The molecular formula is C13H8Cl2F2N2O3. The summed E-state index contributed by atoms with van der Waals surface area (Å²) in [6.07, 6.45) is 0. The van der Waals surface area contributed by atoms with Crippen LogP contribution in [0.15, 0.2) is 18.2 Å². The smallest absolute Gasteiger partial charge is 0.376 e. The van der Waals surface area contributed by atoms with Gasteiger partial charge in [-0.05, 0) is 18.2 Å². The molecule has 0 fully saturated rings. The van der Waals surface area contributed by atoms with Crippen LogP contribution in [0.4, 0.5) is 8.78 Å². The van der Waals surface area contributed by atoms with E-state index in [9.17, 15) is 13.6 Å². The summed E-state index contributed by atoms with van der Waals surface area (Å²) in [5.41, 5.74) is -1.17. The first-order chi connectivity index (χ1) is 10.4. The molecule has 0 aliphatic heterocycles. The third-order valence-corrected chi connectivity index (χ3v) is 3.32. The molecule has 0 aliphatic rings. The van der Waals surface area contributed by atoms with Gasteiger partial charge in [0.25, 0.3) is 0 Å². The Bertz CT molecular complexity index is 757. The van der Waals surface area contributed by atoms with Gasteiger partial charge in [-0.2, -0.15) is 5.90 Å². The zero-order valence-corrected chi connectivity index (χ0v) is 12.5. The van der Waals surface area contributed by atoms with Gasteiger partial charge in [-0.15, -0.1) is 0 Å². The first-order valence-electron chi connectivity index (χ1n) is 5.70.